The highest BCUT2D eigenvalue weighted by Gasteiger charge is 2.11. The van der Waals surface area contributed by atoms with E-state index < -0.39 is 0 Å². The molecular weight excluding hydrogens is 379 g/mol. The molecule has 2 nitrogen and oxygen atoms in total. The summed E-state index contributed by atoms with van der Waals surface area (Å²) in [5, 5.41) is 3.79. The van der Waals surface area contributed by atoms with E-state index in [1.54, 1.807) is 12.3 Å². The lowest BCUT2D eigenvalue weighted by atomic mass is 10.2. The van der Waals surface area contributed by atoms with E-state index in [1.165, 1.54) is 11.3 Å². The molecule has 2 aromatic heterocycles. The van der Waals surface area contributed by atoms with Crippen LogP contribution in [0.3, 0.4) is 0 Å². The molecule has 0 spiro atoms. The Morgan fingerprint density at radius 1 is 1.15 bits per heavy atom. The standard InChI is InChI=1S/C14H7BrCl2N2S/c15-9-3-1-2-8(4-9)12-7-20-14(19-12)13-11(17)5-10(16)6-18-13/h1-7H. The van der Waals surface area contributed by atoms with Crippen LogP contribution >= 0.6 is 50.5 Å². The first-order valence-electron chi connectivity index (χ1n) is 5.66. The third-order valence-electron chi connectivity index (χ3n) is 2.63. The summed E-state index contributed by atoms with van der Waals surface area (Å²) in [6.45, 7) is 0. The number of hydrogen-bond donors (Lipinski definition) is 0. The van der Waals surface area contributed by atoms with Gasteiger partial charge in [0.25, 0.3) is 0 Å². The summed E-state index contributed by atoms with van der Waals surface area (Å²) < 4.78 is 1.02. The van der Waals surface area contributed by atoms with Crippen LogP contribution in [0.1, 0.15) is 0 Å². The van der Waals surface area contributed by atoms with Crippen LogP contribution in [0.4, 0.5) is 0 Å². The Morgan fingerprint density at radius 3 is 2.75 bits per heavy atom. The zero-order chi connectivity index (χ0) is 14.1. The number of benzene rings is 1. The second-order valence-electron chi connectivity index (χ2n) is 4.03. The zero-order valence-corrected chi connectivity index (χ0v) is 13.9. The molecule has 0 atom stereocenters. The van der Waals surface area contributed by atoms with E-state index in [9.17, 15) is 0 Å². The van der Waals surface area contributed by atoms with Gasteiger partial charge >= 0.3 is 0 Å². The van der Waals surface area contributed by atoms with Gasteiger partial charge in [0, 0.05) is 21.6 Å². The molecule has 0 aliphatic carbocycles. The summed E-state index contributed by atoms with van der Waals surface area (Å²) in [7, 11) is 0. The molecule has 6 heteroatoms. The van der Waals surface area contributed by atoms with Gasteiger partial charge < -0.3 is 0 Å². The maximum atomic E-state index is 6.16. The van der Waals surface area contributed by atoms with E-state index in [-0.39, 0.29) is 0 Å². The quantitative estimate of drug-likeness (QED) is 0.545. The summed E-state index contributed by atoms with van der Waals surface area (Å²) in [5.41, 5.74) is 2.60. The number of halogens is 3. The van der Waals surface area contributed by atoms with Crippen LogP contribution in [0.25, 0.3) is 22.0 Å². The molecular formula is C14H7BrCl2N2S. The number of rotatable bonds is 2. The van der Waals surface area contributed by atoms with Gasteiger partial charge in [-0.25, -0.2) is 4.98 Å². The Kier molecular flexibility index (Phi) is 4.08. The van der Waals surface area contributed by atoms with Crippen molar-refractivity contribution in [3.63, 3.8) is 0 Å². The van der Waals surface area contributed by atoms with E-state index in [0.29, 0.717) is 15.7 Å². The van der Waals surface area contributed by atoms with Crippen molar-refractivity contribution < 1.29 is 0 Å². The monoisotopic (exact) mass is 384 g/mol. The minimum absolute atomic E-state index is 0.507. The Balaban J connectivity index is 2.02. The van der Waals surface area contributed by atoms with Crippen molar-refractivity contribution in [2.45, 2.75) is 0 Å². The highest BCUT2D eigenvalue weighted by atomic mass is 79.9. The molecule has 100 valence electrons. The minimum Gasteiger partial charge on any atom is -0.251 e. The van der Waals surface area contributed by atoms with Crippen molar-refractivity contribution in [3.8, 4) is 22.0 Å². The van der Waals surface area contributed by atoms with Gasteiger partial charge in [0.1, 0.15) is 10.7 Å². The van der Waals surface area contributed by atoms with Crippen LogP contribution in [-0.4, -0.2) is 9.97 Å². The summed E-state index contributed by atoms with van der Waals surface area (Å²) in [6, 6.07) is 9.67. The molecule has 0 saturated heterocycles. The molecule has 3 rings (SSSR count). The topological polar surface area (TPSA) is 25.8 Å². The minimum atomic E-state index is 0.507. The Hall–Kier alpha value is -0.940. The molecule has 0 N–H and O–H groups in total. The second kappa shape index (κ2) is 5.82. The van der Waals surface area contributed by atoms with Gasteiger partial charge in [-0.3, -0.25) is 4.98 Å². The van der Waals surface area contributed by atoms with Crippen molar-refractivity contribution in [2.75, 3.05) is 0 Å². The van der Waals surface area contributed by atoms with E-state index in [1.807, 2.05) is 29.6 Å². The van der Waals surface area contributed by atoms with Crippen LogP contribution in [0, 0.1) is 0 Å². The van der Waals surface area contributed by atoms with Crippen molar-refractivity contribution in [3.05, 3.63) is 56.4 Å². The van der Waals surface area contributed by atoms with Crippen molar-refractivity contribution >= 4 is 50.5 Å². The third-order valence-corrected chi connectivity index (χ3v) is 4.47. The van der Waals surface area contributed by atoms with Gasteiger partial charge in [-0.2, -0.15) is 0 Å². The lowest BCUT2D eigenvalue weighted by Crippen LogP contribution is -1.85. The molecule has 0 amide bonds. The van der Waals surface area contributed by atoms with Gasteiger partial charge in [0.15, 0.2) is 0 Å². The van der Waals surface area contributed by atoms with Gasteiger partial charge in [-0.15, -0.1) is 11.3 Å². The van der Waals surface area contributed by atoms with Crippen LogP contribution in [0.5, 0.6) is 0 Å². The summed E-state index contributed by atoms with van der Waals surface area (Å²) in [5.74, 6) is 0. The van der Waals surface area contributed by atoms with E-state index >= 15 is 0 Å². The molecule has 0 unspecified atom stereocenters. The van der Waals surface area contributed by atoms with Crippen LogP contribution in [0.2, 0.25) is 10.0 Å². The average molecular weight is 386 g/mol. The van der Waals surface area contributed by atoms with Crippen molar-refractivity contribution in [2.24, 2.45) is 0 Å². The van der Waals surface area contributed by atoms with Gasteiger partial charge in [-0.1, -0.05) is 51.3 Å². The van der Waals surface area contributed by atoms with Crippen molar-refractivity contribution in [1.29, 1.82) is 0 Å². The first kappa shape index (κ1) is 14.0. The molecule has 0 aliphatic rings. The van der Waals surface area contributed by atoms with Crippen molar-refractivity contribution in [1.82, 2.24) is 9.97 Å². The smallest absolute Gasteiger partial charge is 0.144 e. The first-order valence-corrected chi connectivity index (χ1v) is 8.09. The molecule has 0 fully saturated rings. The van der Waals surface area contributed by atoms with E-state index in [2.05, 4.69) is 25.9 Å². The maximum Gasteiger partial charge on any atom is 0.144 e. The normalized spacial score (nSPS) is 10.8. The van der Waals surface area contributed by atoms with Gasteiger partial charge in [-0.05, 0) is 18.2 Å². The SMILES string of the molecule is Clc1cnc(-c2nc(-c3cccc(Br)c3)cs2)c(Cl)c1. The number of nitrogens with zero attached hydrogens (tertiary/aromatic N) is 2. The average Bonchev–Trinajstić information content (AvgIpc) is 2.88. The molecule has 20 heavy (non-hydrogen) atoms. The highest BCUT2D eigenvalue weighted by Crippen LogP contribution is 2.33. The molecule has 0 bridgehead atoms. The van der Waals surface area contributed by atoms with Crippen LogP contribution in [-0.2, 0) is 0 Å². The predicted octanol–water partition coefficient (Wildman–Crippen LogP) is 5.94. The zero-order valence-electron chi connectivity index (χ0n) is 9.98. The molecule has 0 saturated carbocycles. The van der Waals surface area contributed by atoms with E-state index in [0.717, 1.165) is 20.7 Å². The summed E-state index contributed by atoms with van der Waals surface area (Å²) in [4.78, 5) is 8.84. The Labute approximate surface area is 138 Å². The summed E-state index contributed by atoms with van der Waals surface area (Å²) >= 11 is 17.0. The molecule has 0 aliphatic heterocycles. The lowest BCUT2D eigenvalue weighted by molar-refractivity contribution is 1.29. The van der Waals surface area contributed by atoms with Crippen LogP contribution < -0.4 is 0 Å². The van der Waals surface area contributed by atoms with Gasteiger partial charge in [0.2, 0.25) is 0 Å². The third kappa shape index (κ3) is 2.88. The first-order chi connectivity index (χ1) is 9.63. The number of hydrogen-bond acceptors (Lipinski definition) is 3. The molecule has 0 radical (unpaired) electrons. The molecule has 2 heterocycles. The maximum absolute atomic E-state index is 6.16. The predicted molar refractivity (Wildman–Crippen MR) is 88.5 cm³/mol. The second-order valence-corrected chi connectivity index (χ2v) is 6.65. The fraction of sp³-hybridized carbons (Fsp3) is 0. The summed E-state index contributed by atoms with van der Waals surface area (Å²) in [6.07, 6.45) is 1.57. The van der Waals surface area contributed by atoms with Crippen LogP contribution in [0.15, 0.2) is 46.4 Å². The fourth-order valence-electron chi connectivity index (χ4n) is 1.73. The number of pyridine rings is 1. The lowest BCUT2D eigenvalue weighted by Gasteiger charge is -2.00. The molecule has 3 aromatic rings. The highest BCUT2D eigenvalue weighted by molar-refractivity contribution is 9.10. The molecule has 1 aromatic carbocycles. The van der Waals surface area contributed by atoms with E-state index in [4.69, 9.17) is 23.2 Å². The van der Waals surface area contributed by atoms with Gasteiger partial charge in [0.05, 0.1) is 15.7 Å². The number of aromatic nitrogens is 2. The number of thiazole rings is 1. The Bertz CT molecular complexity index is 773. The largest absolute Gasteiger partial charge is 0.251 e. The Morgan fingerprint density at radius 2 is 2.00 bits per heavy atom. The fourth-order valence-corrected chi connectivity index (χ4v) is 3.50.